The highest BCUT2D eigenvalue weighted by Gasteiger charge is 2.21. The molecule has 1 aromatic carbocycles. The second kappa shape index (κ2) is 3.84. The molecule has 0 aromatic heterocycles. The lowest BCUT2D eigenvalue weighted by atomic mass is 10.1. The van der Waals surface area contributed by atoms with Crippen molar-refractivity contribution in [1.29, 1.82) is 0 Å². The maximum absolute atomic E-state index is 11.6. The Balaban J connectivity index is 2.43. The average Bonchev–Trinajstić information content (AvgIpc) is 2.55. The van der Waals surface area contributed by atoms with Gasteiger partial charge in [0.2, 0.25) is 0 Å². The number of ketones is 1. The molecule has 4 nitrogen and oxygen atoms in total. The first-order chi connectivity index (χ1) is 7.54. The number of fused-ring (bicyclic) bond motifs is 1. The summed E-state index contributed by atoms with van der Waals surface area (Å²) in [5, 5.41) is 1.15. The van der Waals surface area contributed by atoms with Crippen LogP contribution in [0.2, 0.25) is 0 Å². The van der Waals surface area contributed by atoms with E-state index in [0.29, 0.717) is 17.7 Å². The maximum atomic E-state index is 11.6. The zero-order valence-corrected chi connectivity index (χ0v) is 9.33. The van der Waals surface area contributed by atoms with Gasteiger partial charge in [-0.3, -0.25) is 4.79 Å². The van der Waals surface area contributed by atoms with Crippen molar-refractivity contribution in [2.24, 2.45) is 5.73 Å². The lowest BCUT2D eigenvalue weighted by Gasteiger charge is -2.02. The third kappa shape index (κ3) is 1.79. The van der Waals surface area contributed by atoms with Crippen LogP contribution >= 0.6 is 0 Å². The largest absolute Gasteiger partial charge is 0.330 e. The minimum atomic E-state index is -3.28. The topological polar surface area (TPSA) is 77.2 Å². The molecule has 0 unspecified atom stereocenters. The number of nitrogens with two attached hydrogens (primary N) is 1. The van der Waals surface area contributed by atoms with Crippen molar-refractivity contribution in [3.8, 4) is 0 Å². The molecule has 0 saturated heterocycles. The molecular weight excluding hydrogens is 226 g/mol. The highest BCUT2D eigenvalue weighted by atomic mass is 32.2. The molecule has 0 spiro atoms. The minimum Gasteiger partial charge on any atom is -0.330 e. The van der Waals surface area contributed by atoms with Gasteiger partial charge < -0.3 is 5.73 Å². The predicted octanol–water partition coefficient (Wildman–Crippen LogP) is 0.976. The predicted molar refractivity (Wildman–Crippen MR) is 60.7 cm³/mol. The summed E-state index contributed by atoms with van der Waals surface area (Å²) in [5.41, 5.74) is 6.37. The van der Waals surface area contributed by atoms with Gasteiger partial charge in [0.1, 0.15) is 0 Å². The SMILES string of the molecule is NCCC(=O)c1ccc2c(c1)C=CS2(=O)=O. The van der Waals surface area contributed by atoms with E-state index in [9.17, 15) is 13.2 Å². The van der Waals surface area contributed by atoms with Crippen molar-refractivity contribution in [1.82, 2.24) is 0 Å². The lowest BCUT2D eigenvalue weighted by molar-refractivity contribution is 0.0985. The molecule has 0 amide bonds. The monoisotopic (exact) mass is 237 g/mol. The van der Waals surface area contributed by atoms with Crippen LogP contribution in [0.15, 0.2) is 28.5 Å². The Kier molecular flexibility index (Phi) is 2.65. The van der Waals surface area contributed by atoms with Crippen LogP contribution in [-0.4, -0.2) is 20.7 Å². The molecule has 2 N–H and O–H groups in total. The summed E-state index contributed by atoms with van der Waals surface area (Å²) < 4.78 is 22.9. The van der Waals surface area contributed by atoms with Crippen molar-refractivity contribution in [3.05, 3.63) is 34.7 Å². The van der Waals surface area contributed by atoms with Gasteiger partial charge in [-0.15, -0.1) is 0 Å². The third-order valence-corrected chi connectivity index (χ3v) is 3.92. The Morgan fingerprint density at radius 3 is 2.75 bits per heavy atom. The summed E-state index contributed by atoms with van der Waals surface area (Å²) >= 11 is 0. The molecule has 1 aromatic rings. The number of rotatable bonds is 3. The lowest BCUT2D eigenvalue weighted by Crippen LogP contribution is -2.08. The number of carbonyl (C=O) groups excluding carboxylic acids is 1. The number of Topliss-reactive ketones (excluding diaryl/α,β-unsaturated/α-hetero) is 1. The summed E-state index contributed by atoms with van der Waals surface area (Å²) in [6.45, 7) is 0.296. The fraction of sp³-hybridized carbons (Fsp3) is 0.182. The molecule has 2 rings (SSSR count). The van der Waals surface area contributed by atoms with Crippen LogP contribution < -0.4 is 5.73 Å². The summed E-state index contributed by atoms with van der Waals surface area (Å²) in [6.07, 6.45) is 1.78. The van der Waals surface area contributed by atoms with Crippen LogP contribution in [0.1, 0.15) is 22.3 Å². The normalized spacial score (nSPS) is 16.1. The van der Waals surface area contributed by atoms with Gasteiger partial charge in [-0.1, -0.05) is 6.07 Å². The molecule has 0 saturated carbocycles. The van der Waals surface area contributed by atoms with Crippen LogP contribution in [0.4, 0.5) is 0 Å². The molecule has 1 aliphatic rings. The van der Waals surface area contributed by atoms with Crippen LogP contribution in [0, 0.1) is 0 Å². The van der Waals surface area contributed by atoms with Gasteiger partial charge >= 0.3 is 0 Å². The van der Waals surface area contributed by atoms with Gasteiger partial charge in [0.05, 0.1) is 4.90 Å². The van der Waals surface area contributed by atoms with E-state index in [1.165, 1.54) is 18.2 Å². The van der Waals surface area contributed by atoms with Crippen LogP contribution in [0.3, 0.4) is 0 Å². The van der Waals surface area contributed by atoms with E-state index >= 15 is 0 Å². The second-order valence-corrected chi connectivity index (χ2v) is 5.36. The smallest absolute Gasteiger partial charge is 0.200 e. The van der Waals surface area contributed by atoms with Gasteiger partial charge in [-0.05, 0) is 30.3 Å². The van der Waals surface area contributed by atoms with Crippen LogP contribution in [0.25, 0.3) is 6.08 Å². The van der Waals surface area contributed by atoms with Crippen molar-refractivity contribution >= 4 is 21.7 Å². The zero-order chi connectivity index (χ0) is 11.8. The van der Waals surface area contributed by atoms with E-state index in [4.69, 9.17) is 5.73 Å². The number of benzene rings is 1. The summed E-state index contributed by atoms with van der Waals surface area (Å²) in [6, 6.07) is 4.59. The standard InChI is InChI=1S/C11H11NO3S/c12-5-3-10(13)8-1-2-11-9(7-8)4-6-16(11,14)15/h1-2,4,6-7H,3,5,12H2. The Morgan fingerprint density at radius 1 is 1.31 bits per heavy atom. The van der Waals surface area contributed by atoms with Crippen LogP contribution in [-0.2, 0) is 9.84 Å². The Hall–Kier alpha value is -1.46. The summed E-state index contributed by atoms with van der Waals surface area (Å²) in [5.74, 6) is -0.0667. The van der Waals surface area contributed by atoms with Crippen molar-refractivity contribution in [2.75, 3.05) is 6.54 Å². The highest BCUT2D eigenvalue weighted by Crippen LogP contribution is 2.27. The second-order valence-electron chi connectivity index (χ2n) is 3.56. The zero-order valence-electron chi connectivity index (χ0n) is 8.51. The first kappa shape index (κ1) is 11.0. The first-order valence-electron chi connectivity index (χ1n) is 4.85. The summed E-state index contributed by atoms with van der Waals surface area (Å²) in [7, 11) is -3.28. The highest BCUT2D eigenvalue weighted by molar-refractivity contribution is 7.94. The maximum Gasteiger partial charge on any atom is 0.200 e. The molecule has 16 heavy (non-hydrogen) atoms. The van der Waals surface area contributed by atoms with Crippen molar-refractivity contribution in [2.45, 2.75) is 11.3 Å². The quantitative estimate of drug-likeness (QED) is 0.795. The molecule has 0 atom stereocenters. The third-order valence-electron chi connectivity index (χ3n) is 2.44. The number of hydrogen-bond acceptors (Lipinski definition) is 4. The Bertz CT molecular complexity index is 573. The van der Waals surface area contributed by atoms with Crippen molar-refractivity contribution in [3.63, 3.8) is 0 Å². The molecule has 0 fully saturated rings. The van der Waals surface area contributed by atoms with E-state index in [2.05, 4.69) is 0 Å². The van der Waals surface area contributed by atoms with E-state index in [1.807, 2.05) is 0 Å². The number of hydrogen-bond donors (Lipinski definition) is 1. The minimum absolute atomic E-state index is 0.0667. The van der Waals surface area contributed by atoms with Gasteiger partial charge in [0, 0.05) is 17.4 Å². The molecule has 1 heterocycles. The van der Waals surface area contributed by atoms with Crippen LogP contribution in [0.5, 0.6) is 0 Å². The molecule has 1 aliphatic heterocycles. The van der Waals surface area contributed by atoms with Gasteiger partial charge in [0.25, 0.3) is 0 Å². The molecule has 0 bridgehead atoms. The van der Waals surface area contributed by atoms with Gasteiger partial charge in [-0.25, -0.2) is 8.42 Å². The first-order valence-corrected chi connectivity index (χ1v) is 6.40. The number of carbonyl (C=O) groups is 1. The van der Waals surface area contributed by atoms with E-state index in [1.54, 1.807) is 6.07 Å². The van der Waals surface area contributed by atoms with Gasteiger partial charge in [-0.2, -0.15) is 0 Å². The van der Waals surface area contributed by atoms with E-state index in [0.717, 1.165) is 5.41 Å². The Morgan fingerprint density at radius 2 is 2.06 bits per heavy atom. The number of sulfone groups is 1. The fourth-order valence-corrected chi connectivity index (χ4v) is 2.81. The average molecular weight is 237 g/mol. The molecule has 0 radical (unpaired) electrons. The molecule has 0 aliphatic carbocycles. The molecule has 84 valence electrons. The molecule has 5 heteroatoms. The van der Waals surface area contributed by atoms with Crippen molar-refractivity contribution < 1.29 is 13.2 Å². The summed E-state index contributed by atoms with van der Waals surface area (Å²) in [4.78, 5) is 11.8. The molecular formula is C11H11NO3S. The van der Waals surface area contributed by atoms with E-state index in [-0.39, 0.29) is 17.1 Å². The van der Waals surface area contributed by atoms with Gasteiger partial charge in [0.15, 0.2) is 15.6 Å². The van der Waals surface area contributed by atoms with E-state index < -0.39 is 9.84 Å². The Labute approximate surface area is 93.7 Å². The fourth-order valence-electron chi connectivity index (χ4n) is 1.62.